The minimum absolute atomic E-state index is 0.00188. The van der Waals surface area contributed by atoms with Crippen LogP contribution in [0.3, 0.4) is 0 Å². The van der Waals surface area contributed by atoms with Crippen LogP contribution in [-0.2, 0) is 14.3 Å². The van der Waals surface area contributed by atoms with Crippen LogP contribution in [0.4, 0.5) is 0 Å². The van der Waals surface area contributed by atoms with Crippen molar-refractivity contribution in [1.29, 1.82) is 0 Å². The van der Waals surface area contributed by atoms with Crippen LogP contribution in [-0.4, -0.2) is 23.7 Å². The molecule has 104 valence electrons. The second kappa shape index (κ2) is 7.36. The summed E-state index contributed by atoms with van der Waals surface area (Å²) < 4.78 is 4.84. The molecule has 4 nitrogen and oxygen atoms in total. The van der Waals surface area contributed by atoms with Crippen molar-refractivity contribution in [1.82, 2.24) is 0 Å². The number of carboxylic acids is 1. The van der Waals surface area contributed by atoms with Crippen molar-refractivity contribution in [2.75, 3.05) is 6.61 Å². The van der Waals surface area contributed by atoms with E-state index in [2.05, 4.69) is 0 Å². The molecule has 0 saturated carbocycles. The average Bonchev–Trinajstić information content (AvgIpc) is 2.31. The fourth-order valence-electron chi connectivity index (χ4n) is 1.71. The van der Waals surface area contributed by atoms with Crippen LogP contribution in [0.2, 0.25) is 10.0 Å². The number of benzene rings is 1. The zero-order chi connectivity index (χ0) is 14.4. The predicted octanol–water partition coefficient (Wildman–Crippen LogP) is 3.50. The minimum Gasteiger partial charge on any atom is -0.481 e. The first-order valence-corrected chi connectivity index (χ1v) is 6.52. The Hall–Kier alpha value is -1.26. The molecule has 0 aliphatic carbocycles. The Morgan fingerprint density at radius 1 is 1.26 bits per heavy atom. The first-order valence-electron chi connectivity index (χ1n) is 5.76. The molecule has 0 bridgehead atoms. The molecule has 1 unspecified atom stereocenters. The van der Waals surface area contributed by atoms with Gasteiger partial charge >= 0.3 is 11.9 Å². The number of halogens is 2. The molecular weight excluding hydrogens is 291 g/mol. The number of hydrogen-bond acceptors (Lipinski definition) is 3. The maximum absolute atomic E-state index is 11.5. The van der Waals surface area contributed by atoms with Crippen molar-refractivity contribution in [3.05, 3.63) is 33.8 Å². The Bertz CT molecular complexity index is 474. The Morgan fingerprint density at radius 2 is 1.95 bits per heavy atom. The molecule has 1 N–H and O–H groups in total. The number of rotatable bonds is 6. The summed E-state index contributed by atoms with van der Waals surface area (Å²) in [5, 5.41) is 9.62. The van der Waals surface area contributed by atoms with Crippen molar-refractivity contribution < 1.29 is 19.4 Å². The maximum atomic E-state index is 11.5. The van der Waals surface area contributed by atoms with Crippen LogP contribution in [0, 0.1) is 0 Å². The van der Waals surface area contributed by atoms with Gasteiger partial charge in [-0.25, -0.2) is 0 Å². The van der Waals surface area contributed by atoms with E-state index in [1.54, 1.807) is 25.1 Å². The van der Waals surface area contributed by atoms with E-state index < -0.39 is 17.9 Å². The van der Waals surface area contributed by atoms with Gasteiger partial charge in [0.05, 0.1) is 29.5 Å². The highest BCUT2D eigenvalue weighted by Crippen LogP contribution is 2.30. The summed E-state index contributed by atoms with van der Waals surface area (Å²) in [6, 6.07) is 4.83. The smallest absolute Gasteiger partial charge is 0.306 e. The number of ether oxygens (including phenoxy) is 1. The van der Waals surface area contributed by atoms with Crippen LogP contribution >= 0.6 is 23.2 Å². The van der Waals surface area contributed by atoms with Gasteiger partial charge in [0.25, 0.3) is 0 Å². The van der Waals surface area contributed by atoms with Gasteiger partial charge in [0.2, 0.25) is 0 Å². The zero-order valence-corrected chi connectivity index (χ0v) is 11.9. The first kappa shape index (κ1) is 15.8. The summed E-state index contributed by atoms with van der Waals surface area (Å²) in [6.07, 6.45) is -0.172. The van der Waals surface area contributed by atoms with E-state index in [9.17, 15) is 9.59 Å². The molecule has 0 aliphatic heterocycles. The standard InChI is InChI=1S/C13H14Cl2O4/c1-2-19-13(18)7-9(6-12(16)17)8-3-4-10(14)11(15)5-8/h3-5,9H,2,6-7H2,1H3,(H,16,17). The summed E-state index contributed by atoms with van der Waals surface area (Å²) in [4.78, 5) is 22.3. The van der Waals surface area contributed by atoms with Gasteiger partial charge < -0.3 is 9.84 Å². The van der Waals surface area contributed by atoms with E-state index in [0.717, 1.165) is 0 Å². The molecule has 0 aromatic heterocycles. The van der Waals surface area contributed by atoms with E-state index in [1.807, 2.05) is 0 Å². The van der Waals surface area contributed by atoms with Crippen molar-refractivity contribution >= 4 is 35.1 Å². The third kappa shape index (κ3) is 5.09. The molecule has 0 heterocycles. The van der Waals surface area contributed by atoms with E-state index in [0.29, 0.717) is 15.6 Å². The number of carbonyl (C=O) groups is 2. The van der Waals surface area contributed by atoms with Crippen LogP contribution in [0.1, 0.15) is 31.2 Å². The van der Waals surface area contributed by atoms with Gasteiger partial charge in [-0.1, -0.05) is 29.3 Å². The van der Waals surface area contributed by atoms with Gasteiger partial charge in [0.1, 0.15) is 0 Å². The van der Waals surface area contributed by atoms with E-state index in [4.69, 9.17) is 33.0 Å². The molecule has 0 amide bonds. The summed E-state index contributed by atoms with van der Waals surface area (Å²) in [5.74, 6) is -1.90. The molecule has 0 radical (unpaired) electrons. The minimum atomic E-state index is -0.986. The van der Waals surface area contributed by atoms with Crippen LogP contribution < -0.4 is 0 Å². The normalized spacial score (nSPS) is 11.9. The molecule has 6 heteroatoms. The van der Waals surface area contributed by atoms with Crippen LogP contribution in [0.25, 0.3) is 0 Å². The van der Waals surface area contributed by atoms with Crippen LogP contribution in [0.15, 0.2) is 18.2 Å². The summed E-state index contributed by atoms with van der Waals surface area (Å²) in [7, 11) is 0. The second-order valence-corrected chi connectivity index (χ2v) is 4.79. The number of hydrogen-bond donors (Lipinski definition) is 1. The largest absolute Gasteiger partial charge is 0.481 e. The van der Waals surface area contributed by atoms with Gasteiger partial charge in [-0.2, -0.15) is 0 Å². The van der Waals surface area contributed by atoms with Crippen molar-refractivity contribution in [3.63, 3.8) is 0 Å². The van der Waals surface area contributed by atoms with Gasteiger partial charge in [-0.15, -0.1) is 0 Å². The third-order valence-electron chi connectivity index (χ3n) is 2.55. The molecular formula is C13H14Cl2O4. The summed E-state index contributed by atoms with van der Waals surface area (Å²) >= 11 is 11.7. The molecule has 19 heavy (non-hydrogen) atoms. The number of aliphatic carboxylic acids is 1. The van der Waals surface area contributed by atoms with E-state index in [1.165, 1.54) is 0 Å². The molecule has 0 spiro atoms. The lowest BCUT2D eigenvalue weighted by Crippen LogP contribution is -2.13. The third-order valence-corrected chi connectivity index (χ3v) is 3.29. The Labute approximate surface area is 121 Å². The Kier molecular flexibility index (Phi) is 6.12. The molecule has 1 atom stereocenters. The highest BCUT2D eigenvalue weighted by atomic mass is 35.5. The molecule has 0 fully saturated rings. The number of esters is 1. The van der Waals surface area contributed by atoms with Gasteiger partial charge in [-0.3, -0.25) is 9.59 Å². The lowest BCUT2D eigenvalue weighted by Gasteiger charge is -2.15. The predicted molar refractivity (Wildman–Crippen MR) is 72.7 cm³/mol. The zero-order valence-electron chi connectivity index (χ0n) is 10.4. The fourth-order valence-corrected chi connectivity index (χ4v) is 2.01. The number of carbonyl (C=O) groups excluding carboxylic acids is 1. The highest BCUT2D eigenvalue weighted by molar-refractivity contribution is 6.42. The molecule has 1 aromatic rings. The first-order chi connectivity index (χ1) is 8.93. The van der Waals surface area contributed by atoms with Crippen molar-refractivity contribution in [2.24, 2.45) is 0 Å². The quantitative estimate of drug-likeness (QED) is 0.817. The van der Waals surface area contributed by atoms with Gasteiger partial charge in [0.15, 0.2) is 0 Å². The molecule has 0 saturated heterocycles. The lowest BCUT2D eigenvalue weighted by molar-refractivity contribution is -0.144. The molecule has 1 rings (SSSR count). The topological polar surface area (TPSA) is 63.6 Å². The lowest BCUT2D eigenvalue weighted by atomic mass is 9.92. The molecule has 1 aromatic carbocycles. The number of carboxylic acid groups (broad SMARTS) is 1. The SMILES string of the molecule is CCOC(=O)CC(CC(=O)O)c1ccc(Cl)c(Cl)c1. The monoisotopic (exact) mass is 304 g/mol. The van der Waals surface area contributed by atoms with Crippen LogP contribution in [0.5, 0.6) is 0 Å². The van der Waals surface area contributed by atoms with Gasteiger partial charge in [-0.05, 0) is 24.6 Å². The Morgan fingerprint density at radius 3 is 2.47 bits per heavy atom. The van der Waals surface area contributed by atoms with Gasteiger partial charge in [0, 0.05) is 5.92 Å². The van der Waals surface area contributed by atoms with E-state index in [-0.39, 0.29) is 19.4 Å². The Balaban J connectivity index is 2.91. The maximum Gasteiger partial charge on any atom is 0.306 e. The van der Waals surface area contributed by atoms with Crippen molar-refractivity contribution in [3.8, 4) is 0 Å². The molecule has 0 aliphatic rings. The summed E-state index contributed by atoms with van der Waals surface area (Å²) in [5.41, 5.74) is 0.657. The summed E-state index contributed by atoms with van der Waals surface area (Å²) in [6.45, 7) is 1.96. The second-order valence-electron chi connectivity index (χ2n) is 3.98. The van der Waals surface area contributed by atoms with Crippen molar-refractivity contribution in [2.45, 2.75) is 25.7 Å². The van der Waals surface area contributed by atoms with E-state index >= 15 is 0 Å². The average molecular weight is 305 g/mol. The highest BCUT2D eigenvalue weighted by Gasteiger charge is 2.20. The fraction of sp³-hybridized carbons (Fsp3) is 0.385.